The Morgan fingerprint density at radius 2 is 1.88 bits per heavy atom. The minimum Gasteiger partial charge on any atom is -0.352 e. The van der Waals surface area contributed by atoms with Gasteiger partial charge in [0.1, 0.15) is 5.69 Å². The summed E-state index contributed by atoms with van der Waals surface area (Å²) in [6.07, 6.45) is 0. The SMILES string of the molecule is Cc1c(SCC(=O)c2cc(-c3ccc(Cl)cc3Cl)no2)n(Cc2ccccc2)c(=O)[nH]c1=O. The van der Waals surface area contributed by atoms with Gasteiger partial charge in [-0.1, -0.05) is 70.5 Å². The van der Waals surface area contributed by atoms with E-state index in [0.717, 1.165) is 17.3 Å². The van der Waals surface area contributed by atoms with Gasteiger partial charge in [-0.15, -0.1) is 0 Å². The van der Waals surface area contributed by atoms with Crippen molar-refractivity contribution in [3.05, 3.63) is 102 Å². The smallest absolute Gasteiger partial charge is 0.329 e. The maximum absolute atomic E-state index is 12.8. The number of aromatic nitrogens is 3. The molecule has 4 rings (SSSR count). The lowest BCUT2D eigenvalue weighted by Gasteiger charge is -2.13. The van der Waals surface area contributed by atoms with Gasteiger partial charge in [0.2, 0.25) is 11.5 Å². The molecule has 0 saturated carbocycles. The first-order valence-electron chi connectivity index (χ1n) is 9.79. The van der Waals surface area contributed by atoms with E-state index in [1.54, 1.807) is 25.1 Å². The summed E-state index contributed by atoms with van der Waals surface area (Å²) in [5.41, 5.74) is 1.20. The van der Waals surface area contributed by atoms with Gasteiger partial charge < -0.3 is 4.52 Å². The third-order valence-electron chi connectivity index (χ3n) is 4.89. The summed E-state index contributed by atoms with van der Waals surface area (Å²) >= 11 is 13.2. The number of carbonyl (C=O) groups is 1. The summed E-state index contributed by atoms with van der Waals surface area (Å²) in [4.78, 5) is 39.8. The zero-order valence-electron chi connectivity index (χ0n) is 17.3. The van der Waals surface area contributed by atoms with Crippen LogP contribution in [0.1, 0.15) is 21.7 Å². The third-order valence-corrected chi connectivity index (χ3v) is 6.64. The second kappa shape index (κ2) is 9.82. The zero-order valence-corrected chi connectivity index (χ0v) is 19.6. The van der Waals surface area contributed by atoms with Gasteiger partial charge in [-0.25, -0.2) is 4.79 Å². The largest absolute Gasteiger partial charge is 0.352 e. The maximum atomic E-state index is 12.8. The van der Waals surface area contributed by atoms with Crippen molar-refractivity contribution in [1.29, 1.82) is 0 Å². The number of hydrogen-bond acceptors (Lipinski definition) is 6. The van der Waals surface area contributed by atoms with Gasteiger partial charge in [-0.05, 0) is 30.7 Å². The molecule has 4 aromatic rings. The van der Waals surface area contributed by atoms with Crippen LogP contribution in [0.2, 0.25) is 10.0 Å². The number of halogens is 2. The standard InChI is InChI=1S/C23H17Cl2N3O4S/c1-13-21(30)26-23(31)28(11-14-5-3-2-4-6-14)22(13)33-12-19(29)20-10-18(27-32-20)16-8-7-15(24)9-17(16)25/h2-10H,11-12H2,1H3,(H,26,30,31). The fraction of sp³-hybridized carbons (Fsp3) is 0.130. The van der Waals surface area contributed by atoms with Crippen molar-refractivity contribution in [2.45, 2.75) is 18.5 Å². The van der Waals surface area contributed by atoms with Crippen LogP contribution in [0.3, 0.4) is 0 Å². The van der Waals surface area contributed by atoms with Crippen LogP contribution in [0.15, 0.2) is 73.7 Å². The molecule has 2 aromatic carbocycles. The summed E-state index contributed by atoms with van der Waals surface area (Å²) in [5.74, 6) is -0.355. The minimum atomic E-state index is -0.538. The van der Waals surface area contributed by atoms with Gasteiger partial charge in [-0.2, -0.15) is 0 Å². The van der Waals surface area contributed by atoms with E-state index in [0.29, 0.717) is 31.9 Å². The normalized spacial score (nSPS) is 11.0. The zero-order chi connectivity index (χ0) is 23.5. The number of carbonyl (C=O) groups excluding carboxylic acids is 1. The second-order valence-electron chi connectivity index (χ2n) is 7.17. The van der Waals surface area contributed by atoms with E-state index in [4.69, 9.17) is 27.7 Å². The van der Waals surface area contributed by atoms with Crippen LogP contribution in [0.4, 0.5) is 0 Å². The lowest BCUT2D eigenvalue weighted by molar-refractivity contribution is 0.0983. The average molecular weight is 502 g/mol. The molecule has 0 aliphatic carbocycles. The molecular formula is C23H17Cl2N3O4S. The average Bonchev–Trinajstić information content (AvgIpc) is 3.28. The van der Waals surface area contributed by atoms with Gasteiger partial charge >= 0.3 is 5.69 Å². The fourth-order valence-electron chi connectivity index (χ4n) is 3.18. The first kappa shape index (κ1) is 23.1. The molecule has 0 saturated heterocycles. The quantitative estimate of drug-likeness (QED) is 0.221. The number of aromatic amines is 1. The van der Waals surface area contributed by atoms with Gasteiger partial charge in [0.05, 0.1) is 22.3 Å². The van der Waals surface area contributed by atoms with E-state index in [-0.39, 0.29) is 23.8 Å². The van der Waals surface area contributed by atoms with Crippen molar-refractivity contribution in [2.75, 3.05) is 5.75 Å². The maximum Gasteiger partial charge on any atom is 0.329 e. The van der Waals surface area contributed by atoms with Gasteiger partial charge in [0.15, 0.2) is 0 Å². The highest BCUT2D eigenvalue weighted by Gasteiger charge is 2.19. The Hall–Kier alpha value is -3.07. The number of thioether (sulfide) groups is 1. The molecule has 1 N–H and O–H groups in total. The van der Waals surface area contributed by atoms with Crippen molar-refractivity contribution in [1.82, 2.24) is 14.7 Å². The summed E-state index contributed by atoms with van der Waals surface area (Å²) in [7, 11) is 0. The molecular weight excluding hydrogens is 485 g/mol. The Morgan fingerprint density at radius 3 is 2.61 bits per heavy atom. The predicted molar refractivity (Wildman–Crippen MR) is 129 cm³/mol. The van der Waals surface area contributed by atoms with Crippen LogP contribution in [0, 0.1) is 6.92 Å². The molecule has 0 atom stereocenters. The summed E-state index contributed by atoms with van der Waals surface area (Å²) < 4.78 is 6.66. The second-order valence-corrected chi connectivity index (χ2v) is 8.98. The Kier molecular flexibility index (Phi) is 6.88. The Bertz CT molecular complexity index is 1440. The van der Waals surface area contributed by atoms with Crippen molar-refractivity contribution < 1.29 is 9.32 Å². The molecule has 0 aliphatic rings. The lowest BCUT2D eigenvalue weighted by atomic mass is 10.1. The van der Waals surface area contributed by atoms with E-state index in [1.807, 2.05) is 30.3 Å². The Labute approximate surface area is 202 Å². The van der Waals surface area contributed by atoms with Crippen molar-refractivity contribution in [2.24, 2.45) is 0 Å². The first-order chi connectivity index (χ1) is 15.8. The Morgan fingerprint density at radius 1 is 1.12 bits per heavy atom. The van der Waals surface area contributed by atoms with E-state index in [9.17, 15) is 14.4 Å². The molecule has 0 aliphatic heterocycles. The molecule has 0 radical (unpaired) electrons. The Balaban J connectivity index is 1.57. The summed E-state index contributed by atoms with van der Waals surface area (Å²) in [6, 6.07) is 15.8. The number of Topliss-reactive ketones (excluding diaryl/α,β-unsaturated/α-hetero) is 1. The lowest BCUT2D eigenvalue weighted by Crippen LogP contribution is -2.33. The highest BCUT2D eigenvalue weighted by atomic mass is 35.5. The number of hydrogen-bond donors (Lipinski definition) is 1. The number of rotatable bonds is 7. The molecule has 7 nitrogen and oxygen atoms in total. The van der Waals surface area contributed by atoms with Crippen LogP contribution < -0.4 is 11.2 Å². The van der Waals surface area contributed by atoms with E-state index < -0.39 is 11.2 Å². The molecule has 2 heterocycles. The summed E-state index contributed by atoms with van der Waals surface area (Å²) in [6.45, 7) is 1.87. The highest BCUT2D eigenvalue weighted by Crippen LogP contribution is 2.30. The fourth-order valence-corrected chi connectivity index (χ4v) is 4.71. The number of benzene rings is 2. The van der Waals surface area contributed by atoms with Crippen LogP contribution in [-0.2, 0) is 6.54 Å². The molecule has 2 aromatic heterocycles. The molecule has 0 amide bonds. The number of nitrogens with zero attached hydrogens (tertiary/aromatic N) is 2. The van der Waals surface area contributed by atoms with E-state index in [1.165, 1.54) is 10.6 Å². The molecule has 33 heavy (non-hydrogen) atoms. The van der Waals surface area contributed by atoms with Gasteiger partial charge in [0.25, 0.3) is 5.56 Å². The van der Waals surface area contributed by atoms with Gasteiger partial charge in [0, 0.05) is 22.2 Å². The molecule has 10 heteroatoms. The molecule has 0 spiro atoms. The van der Waals surface area contributed by atoms with Crippen molar-refractivity contribution in [3.63, 3.8) is 0 Å². The van der Waals surface area contributed by atoms with E-state index in [2.05, 4.69) is 10.1 Å². The van der Waals surface area contributed by atoms with E-state index >= 15 is 0 Å². The van der Waals surface area contributed by atoms with Gasteiger partial charge in [-0.3, -0.25) is 19.1 Å². The molecule has 0 bridgehead atoms. The van der Waals surface area contributed by atoms with Crippen LogP contribution in [-0.4, -0.2) is 26.2 Å². The highest BCUT2D eigenvalue weighted by molar-refractivity contribution is 8.00. The number of H-pyrrole nitrogens is 1. The van der Waals surface area contributed by atoms with Crippen molar-refractivity contribution >= 4 is 40.7 Å². The molecule has 0 fully saturated rings. The number of nitrogens with one attached hydrogen (secondary N) is 1. The number of ketones is 1. The van der Waals surface area contributed by atoms with Crippen molar-refractivity contribution in [3.8, 4) is 11.3 Å². The summed E-state index contributed by atoms with van der Waals surface area (Å²) in [5, 5.41) is 5.21. The van der Waals surface area contributed by atoms with Crippen LogP contribution in [0.5, 0.6) is 0 Å². The minimum absolute atomic E-state index is 0.0444. The topological polar surface area (TPSA) is 98.0 Å². The van der Waals surface area contributed by atoms with Crippen LogP contribution in [0.25, 0.3) is 11.3 Å². The molecule has 0 unspecified atom stereocenters. The monoisotopic (exact) mass is 501 g/mol. The molecule has 168 valence electrons. The van der Waals surface area contributed by atoms with Crippen LogP contribution >= 0.6 is 35.0 Å². The third kappa shape index (κ3) is 5.13. The predicted octanol–water partition coefficient (Wildman–Crippen LogP) is 4.83. The first-order valence-corrected chi connectivity index (χ1v) is 11.5.